The summed E-state index contributed by atoms with van der Waals surface area (Å²) in [4.78, 5) is 22.4. The lowest BCUT2D eigenvalue weighted by atomic mass is 10.1. The molecule has 0 bridgehead atoms. The molecule has 6 nitrogen and oxygen atoms in total. The first kappa shape index (κ1) is 19.2. The monoisotopic (exact) mass is 390 g/mol. The largest absolute Gasteiger partial charge is 0.379 e. The van der Waals surface area contributed by atoms with Gasteiger partial charge in [0.05, 0.1) is 18.2 Å². The third-order valence-corrected chi connectivity index (χ3v) is 6.95. The molecule has 1 aromatic rings. The van der Waals surface area contributed by atoms with Crippen LogP contribution >= 0.6 is 11.8 Å². The Hall–Kier alpha value is -1.15. The number of ether oxygens (including phenoxy) is 1. The van der Waals surface area contributed by atoms with Crippen LogP contribution in [0, 0.1) is 0 Å². The standard InChI is InChI=1S/C20H30N4O2S/c25-19(22-17-7-8-17)20(24-10-4-1-5-11-24,16-23-12-14-26-15-13-23)27-18-6-2-3-9-21-18/h2-3,6,9,17H,1,4-5,7-8,10-16H2,(H,22,25). The number of aromatic nitrogens is 1. The van der Waals surface area contributed by atoms with Gasteiger partial charge >= 0.3 is 0 Å². The molecule has 3 fully saturated rings. The third kappa shape index (κ3) is 4.83. The van der Waals surface area contributed by atoms with Crippen LogP contribution in [0.15, 0.2) is 29.4 Å². The normalized spacial score (nSPS) is 24.3. The number of morpholine rings is 1. The highest BCUT2D eigenvalue weighted by atomic mass is 32.2. The van der Waals surface area contributed by atoms with E-state index in [0.29, 0.717) is 6.04 Å². The van der Waals surface area contributed by atoms with Gasteiger partial charge in [-0.1, -0.05) is 24.2 Å². The van der Waals surface area contributed by atoms with Crippen LogP contribution in [0.1, 0.15) is 32.1 Å². The van der Waals surface area contributed by atoms with Gasteiger partial charge in [-0.15, -0.1) is 0 Å². The maximum absolute atomic E-state index is 13.6. The first-order valence-electron chi connectivity index (χ1n) is 10.2. The van der Waals surface area contributed by atoms with Crippen molar-refractivity contribution in [2.75, 3.05) is 45.9 Å². The Labute approximate surface area is 166 Å². The molecule has 3 aliphatic rings. The molecule has 0 spiro atoms. The van der Waals surface area contributed by atoms with Crippen LogP contribution in [-0.4, -0.2) is 77.5 Å². The van der Waals surface area contributed by atoms with Gasteiger partial charge in [-0.2, -0.15) is 0 Å². The SMILES string of the molecule is O=C(NC1CC1)C(CN1CCOCC1)(Sc1ccccn1)N1CCCCC1. The maximum atomic E-state index is 13.6. The van der Waals surface area contributed by atoms with Crippen molar-refractivity contribution in [3.8, 4) is 0 Å². The number of hydrogen-bond donors (Lipinski definition) is 1. The van der Waals surface area contributed by atoms with Gasteiger partial charge in [0, 0.05) is 45.0 Å². The topological polar surface area (TPSA) is 57.7 Å². The lowest BCUT2D eigenvalue weighted by molar-refractivity contribution is -0.130. The number of nitrogens with one attached hydrogen (secondary N) is 1. The molecule has 148 valence electrons. The van der Waals surface area contributed by atoms with Crippen molar-refractivity contribution >= 4 is 17.7 Å². The Bertz CT molecular complexity index is 616. The highest BCUT2D eigenvalue weighted by Crippen LogP contribution is 2.39. The molecule has 1 unspecified atom stereocenters. The summed E-state index contributed by atoms with van der Waals surface area (Å²) in [7, 11) is 0. The smallest absolute Gasteiger partial charge is 0.252 e. The number of carbonyl (C=O) groups is 1. The number of pyridine rings is 1. The number of likely N-dealkylation sites (tertiary alicyclic amines) is 1. The zero-order valence-electron chi connectivity index (χ0n) is 15.9. The Balaban J connectivity index is 1.64. The molecule has 7 heteroatoms. The summed E-state index contributed by atoms with van der Waals surface area (Å²) in [6.45, 7) is 5.92. The van der Waals surface area contributed by atoms with E-state index < -0.39 is 4.87 Å². The Morgan fingerprint density at radius 3 is 2.63 bits per heavy atom. The van der Waals surface area contributed by atoms with Gasteiger partial charge in [-0.05, 0) is 37.8 Å². The number of carbonyl (C=O) groups excluding carboxylic acids is 1. The summed E-state index contributed by atoms with van der Waals surface area (Å²) in [5, 5.41) is 4.23. The highest BCUT2D eigenvalue weighted by Gasteiger charge is 2.48. The fourth-order valence-corrected chi connectivity index (χ4v) is 5.20. The van der Waals surface area contributed by atoms with Gasteiger partial charge < -0.3 is 10.1 Å². The van der Waals surface area contributed by atoms with Crippen molar-refractivity contribution in [3.63, 3.8) is 0 Å². The molecule has 1 saturated carbocycles. The van der Waals surface area contributed by atoms with E-state index in [1.54, 1.807) is 11.8 Å². The van der Waals surface area contributed by atoms with Gasteiger partial charge in [0.1, 0.15) is 0 Å². The van der Waals surface area contributed by atoms with E-state index in [-0.39, 0.29) is 5.91 Å². The van der Waals surface area contributed by atoms with Crippen LogP contribution in [0.3, 0.4) is 0 Å². The third-order valence-electron chi connectivity index (χ3n) is 5.59. The quantitative estimate of drug-likeness (QED) is 0.719. The molecule has 3 heterocycles. The molecule has 1 amide bonds. The first-order valence-corrected chi connectivity index (χ1v) is 11.0. The number of hydrogen-bond acceptors (Lipinski definition) is 6. The highest BCUT2D eigenvalue weighted by molar-refractivity contribution is 8.01. The minimum Gasteiger partial charge on any atom is -0.379 e. The number of nitrogens with zero attached hydrogens (tertiary/aromatic N) is 3. The lowest BCUT2D eigenvalue weighted by Crippen LogP contribution is -2.64. The summed E-state index contributed by atoms with van der Waals surface area (Å²) >= 11 is 1.63. The Kier molecular flexibility index (Phi) is 6.32. The van der Waals surface area contributed by atoms with Gasteiger partial charge in [0.25, 0.3) is 5.91 Å². The molecule has 1 N–H and O–H groups in total. The molecule has 1 aromatic heterocycles. The summed E-state index contributed by atoms with van der Waals surface area (Å²) in [6.07, 6.45) is 7.59. The molecular weight excluding hydrogens is 360 g/mol. The van der Waals surface area contributed by atoms with Crippen LogP contribution in [0.25, 0.3) is 0 Å². The molecule has 1 atom stereocenters. The van der Waals surface area contributed by atoms with Gasteiger partial charge in [0.15, 0.2) is 4.87 Å². The summed E-state index contributed by atoms with van der Waals surface area (Å²) in [5.74, 6) is 0.161. The second-order valence-corrected chi connectivity index (χ2v) is 9.04. The molecular formula is C20H30N4O2S. The predicted molar refractivity (Wildman–Crippen MR) is 107 cm³/mol. The minimum atomic E-state index is -0.630. The van der Waals surface area contributed by atoms with Crippen molar-refractivity contribution in [2.24, 2.45) is 0 Å². The molecule has 4 rings (SSSR count). The van der Waals surface area contributed by atoms with Crippen LogP contribution in [-0.2, 0) is 9.53 Å². The van der Waals surface area contributed by atoms with Gasteiger partial charge in [-0.25, -0.2) is 4.98 Å². The predicted octanol–water partition coefficient (Wildman–Crippen LogP) is 1.97. The number of amides is 1. The number of thioether (sulfide) groups is 1. The zero-order chi connectivity index (χ0) is 18.5. The van der Waals surface area contributed by atoms with Crippen LogP contribution in [0.4, 0.5) is 0 Å². The van der Waals surface area contributed by atoms with Gasteiger partial charge in [0.2, 0.25) is 0 Å². The average Bonchev–Trinajstić information content (AvgIpc) is 3.54. The van der Waals surface area contributed by atoms with Crippen molar-refractivity contribution in [1.82, 2.24) is 20.1 Å². The average molecular weight is 391 g/mol. The van der Waals surface area contributed by atoms with Crippen LogP contribution < -0.4 is 5.32 Å². The first-order chi connectivity index (χ1) is 13.3. The van der Waals surface area contributed by atoms with E-state index in [2.05, 4.69) is 20.1 Å². The van der Waals surface area contributed by atoms with Crippen molar-refractivity contribution in [3.05, 3.63) is 24.4 Å². The van der Waals surface area contributed by atoms with E-state index in [0.717, 1.165) is 76.6 Å². The van der Waals surface area contributed by atoms with Crippen molar-refractivity contribution in [2.45, 2.75) is 48.0 Å². The molecule has 0 radical (unpaired) electrons. The fraction of sp³-hybridized carbons (Fsp3) is 0.700. The molecule has 0 aromatic carbocycles. The molecule has 27 heavy (non-hydrogen) atoms. The number of piperidine rings is 1. The van der Waals surface area contributed by atoms with Crippen molar-refractivity contribution in [1.29, 1.82) is 0 Å². The second kappa shape index (κ2) is 8.90. The van der Waals surface area contributed by atoms with E-state index >= 15 is 0 Å². The molecule has 2 saturated heterocycles. The second-order valence-electron chi connectivity index (χ2n) is 7.74. The van der Waals surface area contributed by atoms with Crippen LogP contribution in [0.5, 0.6) is 0 Å². The molecule has 1 aliphatic carbocycles. The summed E-state index contributed by atoms with van der Waals surface area (Å²) in [5.41, 5.74) is 0. The molecule has 2 aliphatic heterocycles. The Morgan fingerprint density at radius 2 is 1.96 bits per heavy atom. The minimum absolute atomic E-state index is 0.161. The lowest BCUT2D eigenvalue weighted by Gasteiger charge is -2.46. The maximum Gasteiger partial charge on any atom is 0.252 e. The zero-order valence-corrected chi connectivity index (χ0v) is 16.8. The van der Waals surface area contributed by atoms with Gasteiger partial charge in [-0.3, -0.25) is 14.6 Å². The summed E-state index contributed by atoms with van der Waals surface area (Å²) in [6, 6.07) is 6.31. The van der Waals surface area contributed by atoms with E-state index in [4.69, 9.17) is 4.74 Å². The Morgan fingerprint density at radius 1 is 1.19 bits per heavy atom. The van der Waals surface area contributed by atoms with E-state index in [1.165, 1.54) is 6.42 Å². The van der Waals surface area contributed by atoms with Crippen molar-refractivity contribution < 1.29 is 9.53 Å². The number of rotatable bonds is 7. The van der Waals surface area contributed by atoms with Crippen LogP contribution in [0.2, 0.25) is 0 Å². The summed E-state index contributed by atoms with van der Waals surface area (Å²) < 4.78 is 5.54. The van der Waals surface area contributed by atoms with E-state index in [1.807, 2.05) is 24.4 Å². The fourth-order valence-electron chi connectivity index (χ4n) is 3.88. The van der Waals surface area contributed by atoms with E-state index in [9.17, 15) is 4.79 Å².